The van der Waals surface area contributed by atoms with Gasteiger partial charge in [0, 0.05) is 29.1 Å². The van der Waals surface area contributed by atoms with Gasteiger partial charge in [0.05, 0.1) is 0 Å². The van der Waals surface area contributed by atoms with E-state index >= 15 is 0 Å². The monoisotopic (exact) mass is 281 g/mol. The average molecular weight is 281 g/mol. The van der Waals surface area contributed by atoms with E-state index < -0.39 is 0 Å². The van der Waals surface area contributed by atoms with Crippen LogP contribution in [0.5, 0.6) is 0 Å². The fourth-order valence-corrected chi connectivity index (χ4v) is 2.48. The van der Waals surface area contributed by atoms with E-state index in [1.165, 1.54) is 0 Å². The van der Waals surface area contributed by atoms with Crippen molar-refractivity contribution in [2.75, 3.05) is 11.5 Å². The van der Waals surface area contributed by atoms with Crippen LogP contribution in [-0.2, 0) is 5.41 Å². The third kappa shape index (κ3) is 2.20. The Morgan fingerprint density at radius 2 is 1.90 bits per heavy atom. The molecule has 0 radical (unpaired) electrons. The standard InChI is InChI=1S/C16H19N5/c1-16(2,3)15-20-12(10-5-4-6-11(17)9-10)13-14(18)19-7-8-21(13)15/h4-9H,17H2,1-3H3,(H2,18,19). The summed E-state index contributed by atoms with van der Waals surface area (Å²) in [5.74, 6) is 1.42. The molecule has 2 heterocycles. The van der Waals surface area contributed by atoms with Crippen molar-refractivity contribution in [1.29, 1.82) is 0 Å². The Morgan fingerprint density at radius 1 is 1.14 bits per heavy atom. The van der Waals surface area contributed by atoms with E-state index in [9.17, 15) is 0 Å². The van der Waals surface area contributed by atoms with Crippen LogP contribution in [0.15, 0.2) is 36.7 Å². The fraction of sp³-hybridized carbons (Fsp3) is 0.250. The molecule has 3 aromatic rings. The molecule has 0 aliphatic carbocycles. The van der Waals surface area contributed by atoms with Crippen LogP contribution >= 0.6 is 0 Å². The predicted octanol–water partition coefficient (Wildman–Crippen LogP) is 2.86. The van der Waals surface area contributed by atoms with E-state index in [1.54, 1.807) is 6.20 Å². The van der Waals surface area contributed by atoms with E-state index in [0.717, 1.165) is 22.6 Å². The lowest BCUT2D eigenvalue weighted by Gasteiger charge is -2.16. The molecule has 21 heavy (non-hydrogen) atoms. The summed E-state index contributed by atoms with van der Waals surface area (Å²) in [5.41, 5.74) is 15.2. The predicted molar refractivity (Wildman–Crippen MR) is 85.9 cm³/mol. The van der Waals surface area contributed by atoms with Gasteiger partial charge < -0.3 is 11.5 Å². The van der Waals surface area contributed by atoms with Gasteiger partial charge in [-0.3, -0.25) is 4.40 Å². The van der Waals surface area contributed by atoms with E-state index in [2.05, 4.69) is 25.8 Å². The zero-order valence-electron chi connectivity index (χ0n) is 12.5. The maximum atomic E-state index is 6.09. The number of benzene rings is 1. The molecule has 5 nitrogen and oxygen atoms in total. The van der Waals surface area contributed by atoms with Crippen molar-refractivity contribution in [1.82, 2.24) is 14.4 Å². The highest BCUT2D eigenvalue weighted by molar-refractivity contribution is 5.86. The molecule has 0 amide bonds. The minimum atomic E-state index is -0.102. The summed E-state index contributed by atoms with van der Waals surface area (Å²) >= 11 is 0. The summed E-state index contributed by atoms with van der Waals surface area (Å²) in [7, 11) is 0. The van der Waals surface area contributed by atoms with E-state index in [4.69, 9.17) is 16.5 Å². The molecule has 108 valence electrons. The zero-order chi connectivity index (χ0) is 15.2. The summed E-state index contributed by atoms with van der Waals surface area (Å²) in [6.45, 7) is 6.38. The first-order valence-corrected chi connectivity index (χ1v) is 6.87. The van der Waals surface area contributed by atoms with Gasteiger partial charge in [0.2, 0.25) is 0 Å². The van der Waals surface area contributed by atoms with Gasteiger partial charge in [-0.25, -0.2) is 9.97 Å². The number of nitrogens with zero attached hydrogens (tertiary/aromatic N) is 3. The number of imidazole rings is 1. The summed E-state index contributed by atoms with van der Waals surface area (Å²) < 4.78 is 2.01. The Morgan fingerprint density at radius 3 is 2.57 bits per heavy atom. The van der Waals surface area contributed by atoms with Gasteiger partial charge in [-0.15, -0.1) is 0 Å². The molecule has 0 saturated carbocycles. The van der Waals surface area contributed by atoms with E-state index in [-0.39, 0.29) is 5.41 Å². The zero-order valence-corrected chi connectivity index (χ0v) is 12.5. The number of nitrogen functional groups attached to an aromatic ring is 2. The molecular formula is C16H19N5. The smallest absolute Gasteiger partial charge is 0.150 e. The number of hydrogen-bond donors (Lipinski definition) is 2. The van der Waals surface area contributed by atoms with Crippen LogP contribution in [0, 0.1) is 0 Å². The Kier molecular flexibility index (Phi) is 2.86. The second kappa shape index (κ2) is 4.48. The summed E-state index contributed by atoms with van der Waals surface area (Å²) in [4.78, 5) is 9.02. The van der Waals surface area contributed by atoms with Crippen LogP contribution in [-0.4, -0.2) is 14.4 Å². The third-order valence-corrected chi connectivity index (χ3v) is 3.41. The highest BCUT2D eigenvalue weighted by Crippen LogP contribution is 2.32. The number of rotatable bonds is 1. The second-order valence-electron chi connectivity index (χ2n) is 6.19. The van der Waals surface area contributed by atoms with Crippen LogP contribution in [0.3, 0.4) is 0 Å². The highest BCUT2D eigenvalue weighted by Gasteiger charge is 2.24. The Balaban J connectivity index is 2.38. The molecule has 0 aliphatic rings. The van der Waals surface area contributed by atoms with Crippen molar-refractivity contribution in [3.63, 3.8) is 0 Å². The Labute approximate surface area is 123 Å². The molecule has 0 atom stereocenters. The van der Waals surface area contributed by atoms with Gasteiger partial charge in [-0.2, -0.15) is 0 Å². The van der Waals surface area contributed by atoms with Gasteiger partial charge in [-0.05, 0) is 12.1 Å². The number of fused-ring (bicyclic) bond motifs is 1. The lowest BCUT2D eigenvalue weighted by Crippen LogP contribution is -2.16. The van der Waals surface area contributed by atoms with Crippen LogP contribution in [0.4, 0.5) is 11.5 Å². The van der Waals surface area contributed by atoms with Gasteiger partial charge in [0.1, 0.15) is 22.9 Å². The summed E-state index contributed by atoms with van der Waals surface area (Å²) in [5, 5.41) is 0. The quantitative estimate of drug-likeness (QED) is 0.672. The number of aromatic nitrogens is 3. The first-order valence-electron chi connectivity index (χ1n) is 6.87. The maximum absolute atomic E-state index is 6.09. The third-order valence-electron chi connectivity index (χ3n) is 3.41. The van der Waals surface area contributed by atoms with Crippen LogP contribution in [0.1, 0.15) is 26.6 Å². The molecule has 2 aromatic heterocycles. The molecule has 3 rings (SSSR count). The molecule has 1 aromatic carbocycles. The number of hydrogen-bond acceptors (Lipinski definition) is 4. The van der Waals surface area contributed by atoms with E-state index in [0.29, 0.717) is 11.5 Å². The first kappa shape index (κ1) is 13.4. The summed E-state index contributed by atoms with van der Waals surface area (Å²) in [6.07, 6.45) is 3.59. The molecule has 4 N–H and O–H groups in total. The van der Waals surface area contributed by atoms with Gasteiger partial charge >= 0.3 is 0 Å². The lowest BCUT2D eigenvalue weighted by atomic mass is 9.96. The minimum Gasteiger partial charge on any atom is -0.399 e. The van der Waals surface area contributed by atoms with Crippen molar-refractivity contribution in [3.05, 3.63) is 42.5 Å². The number of anilines is 2. The SMILES string of the molecule is CC(C)(C)c1nc(-c2cccc(N)c2)c2c(N)nccn12. The molecular weight excluding hydrogens is 262 g/mol. The van der Waals surface area contributed by atoms with Crippen molar-refractivity contribution in [2.45, 2.75) is 26.2 Å². The Hall–Kier alpha value is -2.56. The second-order valence-corrected chi connectivity index (χ2v) is 6.19. The van der Waals surface area contributed by atoms with Crippen LogP contribution in [0.25, 0.3) is 16.8 Å². The van der Waals surface area contributed by atoms with Crippen molar-refractivity contribution < 1.29 is 0 Å². The minimum absolute atomic E-state index is 0.102. The molecule has 0 unspecified atom stereocenters. The Bertz CT molecular complexity index is 811. The van der Waals surface area contributed by atoms with Crippen molar-refractivity contribution >= 4 is 17.0 Å². The number of nitrogens with two attached hydrogens (primary N) is 2. The molecule has 0 aliphatic heterocycles. The van der Waals surface area contributed by atoms with Crippen LogP contribution < -0.4 is 11.5 Å². The van der Waals surface area contributed by atoms with Crippen molar-refractivity contribution in [2.24, 2.45) is 0 Å². The van der Waals surface area contributed by atoms with Gasteiger partial charge in [0.25, 0.3) is 0 Å². The summed E-state index contributed by atoms with van der Waals surface area (Å²) in [6, 6.07) is 7.66. The normalized spacial score (nSPS) is 12.0. The van der Waals surface area contributed by atoms with Gasteiger partial charge in [-0.1, -0.05) is 32.9 Å². The average Bonchev–Trinajstić information content (AvgIpc) is 2.79. The molecule has 0 spiro atoms. The molecule has 5 heteroatoms. The fourth-order valence-electron chi connectivity index (χ4n) is 2.48. The van der Waals surface area contributed by atoms with Gasteiger partial charge in [0.15, 0.2) is 0 Å². The highest BCUT2D eigenvalue weighted by atomic mass is 15.1. The molecule has 0 bridgehead atoms. The largest absolute Gasteiger partial charge is 0.399 e. The topological polar surface area (TPSA) is 82.2 Å². The van der Waals surface area contributed by atoms with Crippen molar-refractivity contribution in [3.8, 4) is 11.3 Å². The first-order chi connectivity index (χ1) is 9.88. The maximum Gasteiger partial charge on any atom is 0.150 e. The molecule has 0 fully saturated rings. The molecule has 0 saturated heterocycles. The van der Waals surface area contributed by atoms with Crippen LogP contribution in [0.2, 0.25) is 0 Å². The lowest BCUT2D eigenvalue weighted by molar-refractivity contribution is 0.543. The van der Waals surface area contributed by atoms with E-state index in [1.807, 2.05) is 34.9 Å².